The van der Waals surface area contributed by atoms with E-state index in [1.54, 1.807) is 13.1 Å². The van der Waals surface area contributed by atoms with Crippen molar-refractivity contribution in [3.05, 3.63) is 60.0 Å². The predicted molar refractivity (Wildman–Crippen MR) is 98.1 cm³/mol. The first-order chi connectivity index (χ1) is 12.1. The molecule has 3 rings (SSSR count). The minimum Gasteiger partial charge on any atom is -0.368 e. The third-order valence-electron chi connectivity index (χ3n) is 4.16. The van der Waals surface area contributed by atoms with Gasteiger partial charge in [-0.3, -0.25) is 4.90 Å². The van der Waals surface area contributed by atoms with Gasteiger partial charge < -0.3 is 9.84 Å². The van der Waals surface area contributed by atoms with Gasteiger partial charge in [-0.05, 0) is 38.6 Å². The van der Waals surface area contributed by atoms with Gasteiger partial charge in [0.2, 0.25) is 0 Å². The SMILES string of the molecule is Cc1noc(-c2cccnc2NCC(C)N(C)Cc2ccccc2)n1. The zero-order valence-corrected chi connectivity index (χ0v) is 14.8. The number of aryl methyl sites for hydroxylation is 1. The van der Waals surface area contributed by atoms with E-state index in [-0.39, 0.29) is 0 Å². The molecule has 2 heterocycles. The highest BCUT2D eigenvalue weighted by molar-refractivity contribution is 5.68. The van der Waals surface area contributed by atoms with Crippen molar-refractivity contribution >= 4 is 5.82 Å². The molecule has 0 aliphatic heterocycles. The average molecular weight is 337 g/mol. The minimum absolute atomic E-state index is 0.333. The van der Waals surface area contributed by atoms with E-state index in [4.69, 9.17) is 4.52 Å². The van der Waals surface area contributed by atoms with Crippen LogP contribution in [0.25, 0.3) is 11.5 Å². The van der Waals surface area contributed by atoms with Gasteiger partial charge in [0.15, 0.2) is 5.82 Å². The smallest absolute Gasteiger partial charge is 0.261 e. The average Bonchev–Trinajstić information content (AvgIpc) is 3.07. The van der Waals surface area contributed by atoms with Crippen molar-refractivity contribution in [2.75, 3.05) is 18.9 Å². The fraction of sp³-hybridized carbons (Fsp3) is 0.316. The number of hydrogen-bond acceptors (Lipinski definition) is 6. The second-order valence-corrected chi connectivity index (χ2v) is 6.18. The monoisotopic (exact) mass is 337 g/mol. The maximum Gasteiger partial charge on any atom is 0.261 e. The number of hydrogen-bond donors (Lipinski definition) is 1. The minimum atomic E-state index is 0.333. The number of likely N-dealkylation sites (N-methyl/N-ethyl adjacent to an activating group) is 1. The summed E-state index contributed by atoms with van der Waals surface area (Å²) < 4.78 is 5.27. The van der Waals surface area contributed by atoms with Gasteiger partial charge >= 0.3 is 0 Å². The lowest BCUT2D eigenvalue weighted by molar-refractivity contribution is 0.259. The Morgan fingerprint density at radius 2 is 1.96 bits per heavy atom. The Kier molecular flexibility index (Phi) is 5.40. The molecular weight excluding hydrogens is 314 g/mol. The Morgan fingerprint density at radius 1 is 1.16 bits per heavy atom. The molecule has 0 aliphatic rings. The van der Waals surface area contributed by atoms with Crippen LogP contribution in [0, 0.1) is 6.92 Å². The standard InChI is InChI=1S/C19H23N5O/c1-14(24(3)13-16-8-5-4-6-9-16)12-21-18-17(10-7-11-20-18)19-22-15(2)23-25-19/h4-11,14H,12-13H2,1-3H3,(H,20,21). The lowest BCUT2D eigenvalue weighted by Gasteiger charge is -2.25. The number of nitrogens with one attached hydrogen (secondary N) is 1. The number of benzene rings is 1. The van der Waals surface area contributed by atoms with Crippen LogP contribution in [-0.2, 0) is 6.54 Å². The van der Waals surface area contributed by atoms with Crippen molar-refractivity contribution in [2.45, 2.75) is 26.4 Å². The van der Waals surface area contributed by atoms with Crippen molar-refractivity contribution in [3.63, 3.8) is 0 Å². The summed E-state index contributed by atoms with van der Waals surface area (Å²) in [6, 6.07) is 14.6. The van der Waals surface area contributed by atoms with Gasteiger partial charge in [0.05, 0.1) is 5.56 Å². The zero-order valence-electron chi connectivity index (χ0n) is 14.8. The van der Waals surface area contributed by atoms with E-state index < -0.39 is 0 Å². The molecule has 130 valence electrons. The summed E-state index contributed by atoms with van der Waals surface area (Å²) >= 11 is 0. The topological polar surface area (TPSA) is 67.1 Å². The van der Waals surface area contributed by atoms with E-state index in [1.165, 1.54) is 5.56 Å². The quantitative estimate of drug-likeness (QED) is 0.713. The number of anilines is 1. The molecule has 0 radical (unpaired) electrons. The van der Waals surface area contributed by atoms with Crippen LogP contribution in [0.1, 0.15) is 18.3 Å². The van der Waals surface area contributed by atoms with Gasteiger partial charge in [-0.25, -0.2) is 4.98 Å². The highest BCUT2D eigenvalue weighted by Crippen LogP contribution is 2.24. The number of aromatic nitrogens is 3. The highest BCUT2D eigenvalue weighted by atomic mass is 16.5. The molecule has 0 saturated carbocycles. The molecule has 1 N–H and O–H groups in total. The molecule has 0 aliphatic carbocycles. The Labute approximate surface area is 147 Å². The summed E-state index contributed by atoms with van der Waals surface area (Å²) in [5.41, 5.74) is 2.12. The molecule has 6 nitrogen and oxygen atoms in total. The molecule has 1 unspecified atom stereocenters. The summed E-state index contributed by atoms with van der Waals surface area (Å²) in [5.74, 6) is 1.85. The molecule has 0 bridgehead atoms. The molecule has 0 fully saturated rings. The Hall–Kier alpha value is -2.73. The third-order valence-corrected chi connectivity index (χ3v) is 4.16. The molecule has 0 amide bonds. The summed E-state index contributed by atoms with van der Waals surface area (Å²) in [5, 5.41) is 7.26. The fourth-order valence-corrected chi connectivity index (χ4v) is 2.55. The number of pyridine rings is 1. The van der Waals surface area contributed by atoms with E-state index in [1.807, 2.05) is 18.2 Å². The molecular formula is C19H23N5O. The number of nitrogens with zero attached hydrogens (tertiary/aromatic N) is 4. The first-order valence-electron chi connectivity index (χ1n) is 8.37. The Balaban J connectivity index is 1.63. The maximum atomic E-state index is 5.27. The molecule has 25 heavy (non-hydrogen) atoms. The van der Waals surface area contributed by atoms with E-state index >= 15 is 0 Å². The van der Waals surface area contributed by atoms with Crippen LogP contribution in [0.15, 0.2) is 53.2 Å². The summed E-state index contributed by atoms with van der Waals surface area (Å²) in [6.45, 7) is 5.66. The summed E-state index contributed by atoms with van der Waals surface area (Å²) in [7, 11) is 2.13. The Bertz CT molecular complexity index is 802. The van der Waals surface area contributed by atoms with Crippen LogP contribution in [-0.4, -0.2) is 39.7 Å². The van der Waals surface area contributed by atoms with Crippen LogP contribution in [0.3, 0.4) is 0 Å². The van der Waals surface area contributed by atoms with E-state index in [9.17, 15) is 0 Å². The van der Waals surface area contributed by atoms with Crippen LogP contribution in [0.5, 0.6) is 0 Å². The van der Waals surface area contributed by atoms with Gasteiger partial charge in [-0.2, -0.15) is 4.98 Å². The van der Waals surface area contributed by atoms with E-state index in [0.717, 1.165) is 24.5 Å². The highest BCUT2D eigenvalue weighted by Gasteiger charge is 2.14. The second kappa shape index (κ2) is 7.90. The first-order valence-corrected chi connectivity index (χ1v) is 8.37. The maximum absolute atomic E-state index is 5.27. The van der Waals surface area contributed by atoms with Crippen LogP contribution in [0.2, 0.25) is 0 Å². The zero-order chi connectivity index (χ0) is 17.6. The molecule has 1 atom stereocenters. The van der Waals surface area contributed by atoms with Gasteiger partial charge in [-0.15, -0.1) is 0 Å². The summed E-state index contributed by atoms with van der Waals surface area (Å²) in [4.78, 5) is 11.0. The van der Waals surface area contributed by atoms with Crippen molar-refractivity contribution in [1.29, 1.82) is 0 Å². The molecule has 6 heteroatoms. The lowest BCUT2D eigenvalue weighted by atomic mass is 10.2. The van der Waals surface area contributed by atoms with Crippen LogP contribution < -0.4 is 5.32 Å². The van der Waals surface area contributed by atoms with Crippen molar-refractivity contribution in [3.8, 4) is 11.5 Å². The lowest BCUT2D eigenvalue weighted by Crippen LogP contribution is -2.34. The second-order valence-electron chi connectivity index (χ2n) is 6.18. The van der Waals surface area contributed by atoms with Gasteiger partial charge in [0.1, 0.15) is 5.82 Å². The third kappa shape index (κ3) is 4.42. The number of rotatable bonds is 7. The molecule has 3 aromatic rings. The molecule has 0 spiro atoms. The fourth-order valence-electron chi connectivity index (χ4n) is 2.55. The van der Waals surface area contributed by atoms with Crippen molar-refractivity contribution < 1.29 is 4.52 Å². The van der Waals surface area contributed by atoms with Crippen LogP contribution in [0.4, 0.5) is 5.82 Å². The van der Waals surface area contributed by atoms with Gasteiger partial charge in [0, 0.05) is 25.3 Å². The normalized spacial score (nSPS) is 12.3. The van der Waals surface area contributed by atoms with Gasteiger partial charge in [0.25, 0.3) is 5.89 Å². The first kappa shape index (κ1) is 17.1. The molecule has 0 saturated heterocycles. The molecule has 1 aromatic carbocycles. The molecule has 2 aromatic heterocycles. The largest absolute Gasteiger partial charge is 0.368 e. The van der Waals surface area contributed by atoms with Gasteiger partial charge in [-0.1, -0.05) is 35.5 Å². The summed E-state index contributed by atoms with van der Waals surface area (Å²) in [6.07, 6.45) is 1.76. The van der Waals surface area contributed by atoms with Crippen LogP contribution >= 0.6 is 0 Å². The van der Waals surface area contributed by atoms with Crippen molar-refractivity contribution in [2.24, 2.45) is 0 Å². The van der Waals surface area contributed by atoms with E-state index in [0.29, 0.717) is 17.8 Å². The Morgan fingerprint density at radius 3 is 2.68 bits per heavy atom. The van der Waals surface area contributed by atoms with E-state index in [2.05, 4.69) is 63.6 Å². The predicted octanol–water partition coefficient (Wildman–Crippen LogP) is 3.37. The van der Waals surface area contributed by atoms with Crippen molar-refractivity contribution in [1.82, 2.24) is 20.0 Å².